The quantitative estimate of drug-likeness (QED) is 0.707. The van der Waals surface area contributed by atoms with Gasteiger partial charge in [0, 0.05) is 12.2 Å². The summed E-state index contributed by atoms with van der Waals surface area (Å²) in [7, 11) is -3.37. The topological polar surface area (TPSA) is 92.4 Å². The number of hydrogen-bond donors (Lipinski definition) is 3. The second-order valence-corrected chi connectivity index (χ2v) is 6.62. The monoisotopic (exact) mass is 306 g/mol. The minimum Gasteiger partial charge on any atom is -0.508 e. The van der Waals surface area contributed by atoms with Crippen molar-refractivity contribution in [1.82, 2.24) is 4.72 Å². The molecule has 0 bridgehead atoms. The van der Waals surface area contributed by atoms with Crippen LogP contribution in [0.5, 0.6) is 5.75 Å². The van der Waals surface area contributed by atoms with Crippen LogP contribution in [0.2, 0.25) is 0 Å². The van der Waals surface area contributed by atoms with Gasteiger partial charge < -0.3 is 10.8 Å². The predicted molar refractivity (Wildman–Crippen MR) is 83.3 cm³/mol. The number of nitrogens with one attached hydrogen (secondary N) is 1. The van der Waals surface area contributed by atoms with Crippen molar-refractivity contribution in [2.75, 3.05) is 12.3 Å². The van der Waals surface area contributed by atoms with Gasteiger partial charge in [-0.05, 0) is 41.8 Å². The van der Waals surface area contributed by atoms with Gasteiger partial charge in [0.05, 0.1) is 5.75 Å². The van der Waals surface area contributed by atoms with Crippen LogP contribution in [0.1, 0.15) is 11.1 Å². The number of sulfonamides is 1. The van der Waals surface area contributed by atoms with E-state index in [0.29, 0.717) is 24.2 Å². The van der Waals surface area contributed by atoms with Crippen molar-refractivity contribution in [2.24, 2.45) is 0 Å². The zero-order chi connectivity index (χ0) is 15.3. The SMILES string of the molecule is Nc1ccc(CS(=O)(=O)NCCc2ccc(O)cc2)cc1. The number of rotatable bonds is 6. The molecule has 6 heteroatoms. The van der Waals surface area contributed by atoms with Crippen molar-refractivity contribution in [2.45, 2.75) is 12.2 Å². The van der Waals surface area contributed by atoms with E-state index in [2.05, 4.69) is 4.72 Å². The molecule has 0 saturated heterocycles. The van der Waals surface area contributed by atoms with Crippen molar-refractivity contribution in [1.29, 1.82) is 0 Å². The van der Waals surface area contributed by atoms with E-state index in [9.17, 15) is 13.5 Å². The zero-order valence-electron chi connectivity index (χ0n) is 11.5. The van der Waals surface area contributed by atoms with E-state index in [4.69, 9.17) is 5.73 Å². The molecule has 2 aromatic rings. The first-order valence-electron chi connectivity index (χ1n) is 6.54. The van der Waals surface area contributed by atoms with E-state index in [1.807, 2.05) is 0 Å². The molecule has 21 heavy (non-hydrogen) atoms. The lowest BCUT2D eigenvalue weighted by Crippen LogP contribution is -2.27. The van der Waals surface area contributed by atoms with Gasteiger partial charge in [-0.2, -0.15) is 0 Å². The fraction of sp³-hybridized carbons (Fsp3) is 0.200. The third kappa shape index (κ3) is 5.09. The van der Waals surface area contributed by atoms with Crippen LogP contribution in [0.25, 0.3) is 0 Å². The lowest BCUT2D eigenvalue weighted by atomic mass is 10.1. The molecule has 0 saturated carbocycles. The Bertz CT molecular complexity index is 680. The Morgan fingerprint density at radius 3 is 2.14 bits per heavy atom. The van der Waals surface area contributed by atoms with Crippen molar-refractivity contribution in [3.05, 3.63) is 59.7 Å². The molecule has 0 aliphatic heterocycles. The van der Waals surface area contributed by atoms with E-state index in [1.54, 1.807) is 48.5 Å². The van der Waals surface area contributed by atoms with Crippen LogP contribution >= 0.6 is 0 Å². The van der Waals surface area contributed by atoms with Crippen molar-refractivity contribution in [3.8, 4) is 5.75 Å². The van der Waals surface area contributed by atoms with Crippen LogP contribution in [0.15, 0.2) is 48.5 Å². The predicted octanol–water partition coefficient (Wildman–Crippen LogP) is 1.64. The highest BCUT2D eigenvalue weighted by atomic mass is 32.2. The first-order valence-corrected chi connectivity index (χ1v) is 8.19. The molecule has 0 spiro atoms. The first-order chi connectivity index (χ1) is 9.94. The summed E-state index contributed by atoms with van der Waals surface area (Å²) >= 11 is 0. The lowest BCUT2D eigenvalue weighted by molar-refractivity contribution is 0.475. The van der Waals surface area contributed by atoms with E-state index >= 15 is 0 Å². The fourth-order valence-corrected chi connectivity index (χ4v) is 3.04. The van der Waals surface area contributed by atoms with Crippen molar-refractivity contribution < 1.29 is 13.5 Å². The van der Waals surface area contributed by atoms with Crippen LogP contribution in [-0.4, -0.2) is 20.1 Å². The lowest BCUT2D eigenvalue weighted by Gasteiger charge is -2.07. The number of phenolic OH excluding ortho intramolecular Hbond substituents is 1. The van der Waals surface area contributed by atoms with Gasteiger partial charge in [0.2, 0.25) is 10.0 Å². The summed E-state index contributed by atoms with van der Waals surface area (Å²) in [6.45, 7) is 0.322. The van der Waals surface area contributed by atoms with Gasteiger partial charge in [0.1, 0.15) is 5.75 Å². The summed E-state index contributed by atoms with van der Waals surface area (Å²) in [6.07, 6.45) is 0.571. The van der Waals surface area contributed by atoms with Crippen LogP contribution in [-0.2, 0) is 22.2 Å². The summed E-state index contributed by atoms with van der Waals surface area (Å²) in [4.78, 5) is 0. The molecule has 0 amide bonds. The molecule has 0 aliphatic rings. The standard InChI is InChI=1S/C15H18N2O3S/c16-14-5-1-13(2-6-14)11-21(19,20)17-10-9-12-3-7-15(18)8-4-12/h1-8,17-18H,9-11,16H2. The van der Waals surface area contributed by atoms with Crippen molar-refractivity contribution in [3.63, 3.8) is 0 Å². The molecule has 0 aliphatic carbocycles. The number of aromatic hydroxyl groups is 1. The highest BCUT2D eigenvalue weighted by Crippen LogP contribution is 2.11. The molecule has 0 aromatic heterocycles. The highest BCUT2D eigenvalue weighted by Gasteiger charge is 2.10. The summed E-state index contributed by atoms with van der Waals surface area (Å²) in [5, 5.41) is 9.17. The molecule has 2 aromatic carbocycles. The molecule has 0 atom stereocenters. The van der Waals surface area contributed by atoms with E-state index in [1.165, 1.54) is 0 Å². The van der Waals surface area contributed by atoms with Crippen LogP contribution < -0.4 is 10.5 Å². The number of benzene rings is 2. The number of nitrogens with two attached hydrogens (primary N) is 1. The fourth-order valence-electron chi connectivity index (χ4n) is 1.90. The van der Waals surface area contributed by atoms with Crippen LogP contribution in [0.3, 0.4) is 0 Å². The second-order valence-electron chi connectivity index (χ2n) is 4.81. The third-order valence-electron chi connectivity index (χ3n) is 3.01. The van der Waals surface area contributed by atoms with Crippen LogP contribution in [0.4, 0.5) is 5.69 Å². The first kappa shape index (κ1) is 15.3. The van der Waals surface area contributed by atoms with Gasteiger partial charge in [0.15, 0.2) is 0 Å². The largest absolute Gasteiger partial charge is 0.508 e. The zero-order valence-corrected chi connectivity index (χ0v) is 12.3. The summed E-state index contributed by atoms with van der Waals surface area (Å²) < 4.78 is 26.5. The van der Waals surface area contributed by atoms with Crippen LogP contribution in [0, 0.1) is 0 Å². The van der Waals surface area contributed by atoms with Crippen molar-refractivity contribution >= 4 is 15.7 Å². The third-order valence-corrected chi connectivity index (χ3v) is 4.37. The normalized spacial score (nSPS) is 11.4. The van der Waals surface area contributed by atoms with Gasteiger partial charge in [-0.3, -0.25) is 0 Å². The Labute approximate surface area is 124 Å². The molecule has 0 unspecified atom stereocenters. The van der Waals surface area contributed by atoms with E-state index in [0.717, 1.165) is 5.56 Å². The smallest absolute Gasteiger partial charge is 0.215 e. The molecule has 4 N–H and O–H groups in total. The number of hydrogen-bond acceptors (Lipinski definition) is 4. The van der Waals surface area contributed by atoms with Gasteiger partial charge in [-0.1, -0.05) is 24.3 Å². The minimum atomic E-state index is -3.37. The number of phenols is 1. The minimum absolute atomic E-state index is 0.0666. The Morgan fingerprint density at radius 2 is 1.52 bits per heavy atom. The maximum atomic E-state index is 11.9. The Hall–Kier alpha value is -2.05. The molecular formula is C15H18N2O3S. The van der Waals surface area contributed by atoms with Gasteiger partial charge in [0.25, 0.3) is 0 Å². The van der Waals surface area contributed by atoms with E-state index in [-0.39, 0.29) is 11.5 Å². The summed E-state index contributed by atoms with van der Waals surface area (Å²) in [5.74, 6) is 0.130. The molecule has 0 fully saturated rings. The highest BCUT2D eigenvalue weighted by molar-refractivity contribution is 7.88. The summed E-state index contributed by atoms with van der Waals surface area (Å²) in [6, 6.07) is 13.5. The van der Waals surface area contributed by atoms with Gasteiger partial charge >= 0.3 is 0 Å². The number of anilines is 1. The molecule has 112 valence electrons. The van der Waals surface area contributed by atoms with Gasteiger partial charge in [-0.15, -0.1) is 0 Å². The summed E-state index contributed by atoms with van der Waals surface area (Å²) in [5.41, 5.74) is 7.83. The average Bonchev–Trinajstić information content (AvgIpc) is 2.43. The average molecular weight is 306 g/mol. The maximum absolute atomic E-state index is 11.9. The number of nitrogen functional groups attached to an aromatic ring is 1. The Kier molecular flexibility index (Phi) is 4.82. The second kappa shape index (κ2) is 6.60. The van der Waals surface area contributed by atoms with E-state index < -0.39 is 10.0 Å². The van der Waals surface area contributed by atoms with Gasteiger partial charge in [-0.25, -0.2) is 13.1 Å². The molecule has 2 rings (SSSR count). The Balaban J connectivity index is 1.86. The molecule has 5 nitrogen and oxygen atoms in total. The molecule has 0 heterocycles. The maximum Gasteiger partial charge on any atom is 0.215 e. The molecular weight excluding hydrogens is 288 g/mol. The Morgan fingerprint density at radius 1 is 0.952 bits per heavy atom. The molecule has 0 radical (unpaired) electrons.